The maximum atomic E-state index is 11.3. The number of nitrogens with two attached hydrogens (primary N) is 1. The lowest BCUT2D eigenvalue weighted by Crippen LogP contribution is -2.50. The molecule has 16 heavy (non-hydrogen) atoms. The van der Waals surface area contributed by atoms with E-state index in [-0.39, 0.29) is 11.9 Å². The lowest BCUT2D eigenvalue weighted by Gasteiger charge is -2.26. The van der Waals surface area contributed by atoms with E-state index in [4.69, 9.17) is 5.73 Å². The first-order valence-electron chi connectivity index (χ1n) is 6.47. The molecule has 4 nitrogen and oxygen atoms in total. The molecule has 1 atom stereocenters. The van der Waals surface area contributed by atoms with Crippen LogP contribution < -0.4 is 11.1 Å². The van der Waals surface area contributed by atoms with Gasteiger partial charge in [0.2, 0.25) is 5.91 Å². The Morgan fingerprint density at radius 1 is 1.44 bits per heavy atom. The lowest BCUT2D eigenvalue weighted by atomic mass is 10.2. The number of nitrogens with zero attached hydrogens (tertiary/aromatic N) is 1. The summed E-state index contributed by atoms with van der Waals surface area (Å²) in [5.74, 6) is 0.666. The highest BCUT2D eigenvalue weighted by Gasteiger charge is 2.35. The molecule has 0 bridgehead atoms. The number of likely N-dealkylation sites (N-methyl/N-ethyl adjacent to an activating group) is 1. The van der Waals surface area contributed by atoms with Gasteiger partial charge in [0.05, 0.1) is 6.04 Å². The minimum atomic E-state index is -0.219. The van der Waals surface area contributed by atoms with E-state index in [2.05, 4.69) is 10.2 Å². The highest BCUT2D eigenvalue weighted by Crippen LogP contribution is 2.34. The zero-order chi connectivity index (χ0) is 11.5. The molecule has 0 aromatic carbocycles. The number of hydrogen-bond acceptors (Lipinski definition) is 3. The Morgan fingerprint density at radius 3 is 2.56 bits per heavy atom. The topological polar surface area (TPSA) is 58.4 Å². The summed E-state index contributed by atoms with van der Waals surface area (Å²) in [6.07, 6.45) is 5.33. The number of carbonyl (C=O) groups excluding carboxylic acids is 1. The third-order valence-electron chi connectivity index (χ3n) is 3.46. The van der Waals surface area contributed by atoms with Gasteiger partial charge in [-0.05, 0) is 38.1 Å². The summed E-state index contributed by atoms with van der Waals surface area (Å²) in [5.41, 5.74) is 5.41. The lowest BCUT2D eigenvalue weighted by molar-refractivity contribution is -0.120. The second-order valence-corrected chi connectivity index (χ2v) is 5.14. The van der Waals surface area contributed by atoms with E-state index in [0.717, 1.165) is 25.0 Å². The van der Waals surface area contributed by atoms with Gasteiger partial charge < -0.3 is 11.1 Å². The first-order chi connectivity index (χ1) is 7.70. The molecule has 0 spiro atoms. The van der Waals surface area contributed by atoms with Crippen LogP contribution in [0.4, 0.5) is 0 Å². The molecule has 0 aromatic rings. The Kier molecular flexibility index (Phi) is 3.82. The van der Waals surface area contributed by atoms with Gasteiger partial charge in [0, 0.05) is 19.1 Å². The third-order valence-corrected chi connectivity index (χ3v) is 3.46. The Balaban J connectivity index is 1.83. The Labute approximate surface area is 97.6 Å². The van der Waals surface area contributed by atoms with Crippen molar-refractivity contribution in [3.05, 3.63) is 0 Å². The number of primary amides is 1. The maximum absolute atomic E-state index is 11.3. The average molecular weight is 225 g/mol. The Morgan fingerprint density at radius 2 is 2.12 bits per heavy atom. The van der Waals surface area contributed by atoms with Crippen molar-refractivity contribution in [3.63, 3.8) is 0 Å². The molecule has 1 unspecified atom stereocenters. The first kappa shape index (κ1) is 11.9. The van der Waals surface area contributed by atoms with Gasteiger partial charge in [-0.1, -0.05) is 6.92 Å². The van der Waals surface area contributed by atoms with Crippen LogP contribution in [0.25, 0.3) is 0 Å². The van der Waals surface area contributed by atoms with Gasteiger partial charge in [-0.25, -0.2) is 0 Å². The molecular weight excluding hydrogens is 202 g/mol. The minimum absolute atomic E-state index is 0.177. The van der Waals surface area contributed by atoms with Gasteiger partial charge >= 0.3 is 0 Å². The fraction of sp³-hybridized carbons (Fsp3) is 0.917. The molecule has 3 N–H and O–H groups in total. The van der Waals surface area contributed by atoms with Crippen LogP contribution in [0.2, 0.25) is 0 Å². The van der Waals surface area contributed by atoms with Gasteiger partial charge in [0.25, 0.3) is 0 Å². The van der Waals surface area contributed by atoms with E-state index in [9.17, 15) is 4.79 Å². The smallest absolute Gasteiger partial charge is 0.235 e. The first-order valence-corrected chi connectivity index (χ1v) is 6.47. The van der Waals surface area contributed by atoms with Crippen LogP contribution >= 0.6 is 0 Å². The Bertz CT molecular complexity index is 249. The quantitative estimate of drug-likeness (QED) is 0.625. The summed E-state index contributed by atoms with van der Waals surface area (Å²) < 4.78 is 0. The molecule has 0 radical (unpaired) electrons. The van der Waals surface area contributed by atoms with Crippen molar-refractivity contribution in [2.24, 2.45) is 11.7 Å². The molecule has 1 amide bonds. The van der Waals surface area contributed by atoms with E-state index >= 15 is 0 Å². The van der Waals surface area contributed by atoms with E-state index in [1.54, 1.807) is 0 Å². The predicted molar refractivity (Wildman–Crippen MR) is 64.0 cm³/mol. The van der Waals surface area contributed by atoms with Crippen molar-refractivity contribution in [1.82, 2.24) is 10.2 Å². The molecule has 2 rings (SSSR count). The molecule has 2 fully saturated rings. The number of hydrogen-bond donors (Lipinski definition) is 2. The van der Waals surface area contributed by atoms with Crippen molar-refractivity contribution in [3.8, 4) is 0 Å². The standard InChI is InChI=1S/C12H23N3O/c1-2-14-11(12(13)16)8-15(10-5-6-10)7-9-3-4-9/h9-11,14H,2-8H2,1H3,(H2,13,16). The highest BCUT2D eigenvalue weighted by atomic mass is 16.1. The molecule has 2 saturated carbocycles. The van der Waals surface area contributed by atoms with Gasteiger partial charge in [-0.3, -0.25) is 9.69 Å². The van der Waals surface area contributed by atoms with Gasteiger partial charge in [0.15, 0.2) is 0 Å². The van der Waals surface area contributed by atoms with Crippen LogP contribution in [0.5, 0.6) is 0 Å². The van der Waals surface area contributed by atoms with Crippen LogP contribution in [0.3, 0.4) is 0 Å². The zero-order valence-electron chi connectivity index (χ0n) is 10.1. The van der Waals surface area contributed by atoms with E-state index < -0.39 is 0 Å². The maximum Gasteiger partial charge on any atom is 0.235 e. The summed E-state index contributed by atoms with van der Waals surface area (Å²) in [7, 11) is 0. The fourth-order valence-corrected chi connectivity index (χ4v) is 2.18. The molecule has 2 aliphatic rings. The number of amides is 1. The average Bonchev–Trinajstić information content (AvgIpc) is 3.08. The second-order valence-electron chi connectivity index (χ2n) is 5.14. The second kappa shape index (κ2) is 5.15. The highest BCUT2D eigenvalue weighted by molar-refractivity contribution is 5.80. The summed E-state index contributed by atoms with van der Waals surface area (Å²) in [5, 5.41) is 3.17. The van der Waals surface area contributed by atoms with E-state index in [0.29, 0.717) is 0 Å². The normalized spacial score (nSPS) is 22.4. The largest absolute Gasteiger partial charge is 0.368 e. The summed E-state index contributed by atoms with van der Waals surface area (Å²) >= 11 is 0. The van der Waals surface area contributed by atoms with Gasteiger partial charge in [-0.2, -0.15) is 0 Å². The minimum Gasteiger partial charge on any atom is -0.368 e. The molecule has 0 aliphatic heterocycles. The van der Waals surface area contributed by atoms with Crippen LogP contribution in [-0.4, -0.2) is 42.5 Å². The van der Waals surface area contributed by atoms with Crippen LogP contribution in [-0.2, 0) is 4.79 Å². The van der Waals surface area contributed by atoms with E-state index in [1.165, 1.54) is 32.2 Å². The van der Waals surface area contributed by atoms with Crippen molar-refractivity contribution in [2.45, 2.75) is 44.7 Å². The van der Waals surface area contributed by atoms with Gasteiger partial charge in [0.1, 0.15) is 0 Å². The van der Waals surface area contributed by atoms with Crippen molar-refractivity contribution >= 4 is 5.91 Å². The van der Waals surface area contributed by atoms with E-state index in [1.807, 2.05) is 6.92 Å². The predicted octanol–water partition coefficient (Wildman–Crippen LogP) is 0.324. The van der Waals surface area contributed by atoms with Crippen molar-refractivity contribution in [1.29, 1.82) is 0 Å². The fourth-order valence-electron chi connectivity index (χ4n) is 2.18. The molecule has 92 valence electrons. The van der Waals surface area contributed by atoms with Crippen molar-refractivity contribution in [2.75, 3.05) is 19.6 Å². The molecular formula is C12H23N3O. The summed E-state index contributed by atoms with van der Waals surface area (Å²) in [4.78, 5) is 13.8. The molecule has 2 aliphatic carbocycles. The number of rotatable bonds is 8. The van der Waals surface area contributed by atoms with Crippen LogP contribution in [0.1, 0.15) is 32.6 Å². The zero-order valence-corrected chi connectivity index (χ0v) is 10.1. The van der Waals surface area contributed by atoms with Crippen LogP contribution in [0, 0.1) is 5.92 Å². The SMILES string of the molecule is CCNC(CN(CC1CC1)C1CC1)C(N)=O. The molecule has 4 heteroatoms. The molecule has 0 heterocycles. The van der Waals surface area contributed by atoms with Crippen LogP contribution in [0.15, 0.2) is 0 Å². The summed E-state index contributed by atoms with van der Waals surface area (Å²) in [6.45, 7) is 4.78. The third kappa shape index (κ3) is 3.46. The molecule has 0 saturated heterocycles. The van der Waals surface area contributed by atoms with Gasteiger partial charge in [-0.15, -0.1) is 0 Å². The Hall–Kier alpha value is -0.610. The number of nitrogens with one attached hydrogen (secondary N) is 1. The molecule has 0 aromatic heterocycles. The number of carbonyl (C=O) groups is 1. The van der Waals surface area contributed by atoms with Crippen molar-refractivity contribution < 1.29 is 4.79 Å². The summed E-state index contributed by atoms with van der Waals surface area (Å²) in [6, 6.07) is 0.547. The monoisotopic (exact) mass is 225 g/mol.